The van der Waals surface area contributed by atoms with Gasteiger partial charge in [-0.1, -0.05) is 78.9 Å². The molecule has 210 valence electrons. The van der Waals surface area contributed by atoms with E-state index in [0.717, 1.165) is 33.6 Å². The maximum absolute atomic E-state index is 4.83. The van der Waals surface area contributed by atoms with Gasteiger partial charge in [-0.15, -0.1) is 0 Å². The van der Waals surface area contributed by atoms with Gasteiger partial charge in [0.15, 0.2) is 0 Å². The minimum absolute atomic E-state index is 0.965. The maximum atomic E-state index is 4.83. The van der Waals surface area contributed by atoms with Crippen LogP contribution in [0.25, 0.3) is 82.6 Å². The molecule has 4 heteroatoms. The third kappa shape index (κ3) is 3.34. The molecule has 10 aromatic rings. The minimum Gasteiger partial charge on any atom is -0.309 e. The Labute approximate surface area is 258 Å². The van der Waals surface area contributed by atoms with Crippen molar-refractivity contribution in [1.29, 1.82) is 0 Å². The Balaban J connectivity index is 1.34. The number of fused-ring (bicyclic) bond motifs is 10. The third-order valence-electron chi connectivity index (χ3n) is 9.27. The van der Waals surface area contributed by atoms with Gasteiger partial charge >= 0.3 is 0 Å². The van der Waals surface area contributed by atoms with Gasteiger partial charge in [0.1, 0.15) is 5.65 Å². The molecule has 0 atom stereocenters. The zero-order valence-electron chi connectivity index (χ0n) is 24.3. The van der Waals surface area contributed by atoms with Gasteiger partial charge in [-0.2, -0.15) is 0 Å². The molecule has 0 saturated heterocycles. The highest BCUT2D eigenvalue weighted by molar-refractivity contribution is 6.26. The fourth-order valence-corrected chi connectivity index (χ4v) is 7.44. The number of para-hydroxylation sites is 4. The molecule has 0 N–H and O–H groups in total. The molecule has 0 aliphatic carbocycles. The maximum Gasteiger partial charge on any atom is 0.145 e. The fraction of sp³-hybridized carbons (Fsp3) is 0. The summed E-state index contributed by atoms with van der Waals surface area (Å²) >= 11 is 0. The first kappa shape index (κ1) is 24.3. The number of aromatic nitrogens is 4. The van der Waals surface area contributed by atoms with Crippen LogP contribution in [0.3, 0.4) is 0 Å². The van der Waals surface area contributed by atoms with E-state index in [1.807, 2.05) is 12.3 Å². The van der Waals surface area contributed by atoms with Crippen molar-refractivity contribution in [2.24, 2.45) is 0 Å². The molecule has 0 bridgehead atoms. The molecule has 0 radical (unpaired) electrons. The van der Waals surface area contributed by atoms with Crippen LogP contribution < -0.4 is 0 Å². The molecular formula is C41H26N4. The zero-order valence-corrected chi connectivity index (χ0v) is 24.3. The van der Waals surface area contributed by atoms with Crippen molar-refractivity contribution < 1.29 is 0 Å². The first-order valence-corrected chi connectivity index (χ1v) is 15.3. The molecule has 0 saturated carbocycles. The molecule has 6 aromatic carbocycles. The molecule has 0 unspecified atom stereocenters. The number of rotatable bonds is 3. The lowest BCUT2D eigenvalue weighted by Gasteiger charge is -2.11. The lowest BCUT2D eigenvalue weighted by Crippen LogP contribution is -1.96. The van der Waals surface area contributed by atoms with Crippen molar-refractivity contribution in [2.75, 3.05) is 0 Å². The van der Waals surface area contributed by atoms with Crippen molar-refractivity contribution in [3.8, 4) is 17.1 Å². The molecule has 0 fully saturated rings. The molecular weight excluding hydrogens is 548 g/mol. The molecule has 0 aliphatic rings. The van der Waals surface area contributed by atoms with Crippen LogP contribution in [0.5, 0.6) is 0 Å². The first-order valence-electron chi connectivity index (χ1n) is 15.3. The Morgan fingerprint density at radius 3 is 1.73 bits per heavy atom. The minimum atomic E-state index is 0.965. The summed E-state index contributed by atoms with van der Waals surface area (Å²) in [5.74, 6) is 0. The lowest BCUT2D eigenvalue weighted by atomic mass is 10.1. The van der Waals surface area contributed by atoms with E-state index in [4.69, 9.17) is 4.98 Å². The Morgan fingerprint density at radius 1 is 0.356 bits per heavy atom. The van der Waals surface area contributed by atoms with E-state index >= 15 is 0 Å². The molecule has 45 heavy (non-hydrogen) atoms. The van der Waals surface area contributed by atoms with Crippen molar-refractivity contribution in [1.82, 2.24) is 18.7 Å². The molecule has 0 spiro atoms. The quantitative estimate of drug-likeness (QED) is 0.206. The SMILES string of the molecule is c1ccc(-n2c3ccc(-n4c5ccccc5c5c4ccc4c6ccccc6n(-c6ccccc6)c45)cc3c3cccnc32)cc1. The molecule has 4 heterocycles. The van der Waals surface area contributed by atoms with Gasteiger partial charge in [0.05, 0.1) is 27.6 Å². The van der Waals surface area contributed by atoms with Crippen LogP contribution in [0.2, 0.25) is 0 Å². The first-order chi connectivity index (χ1) is 22.4. The second-order valence-electron chi connectivity index (χ2n) is 11.6. The molecule has 4 nitrogen and oxygen atoms in total. The third-order valence-corrected chi connectivity index (χ3v) is 9.27. The molecule has 0 amide bonds. The van der Waals surface area contributed by atoms with Crippen LogP contribution in [0.1, 0.15) is 0 Å². The largest absolute Gasteiger partial charge is 0.309 e. The summed E-state index contributed by atoms with van der Waals surface area (Å²) in [5.41, 5.74) is 10.3. The van der Waals surface area contributed by atoms with Crippen molar-refractivity contribution in [2.45, 2.75) is 0 Å². The average molecular weight is 575 g/mol. The summed E-state index contributed by atoms with van der Waals surface area (Å²) in [6.07, 6.45) is 1.88. The van der Waals surface area contributed by atoms with E-state index in [-0.39, 0.29) is 0 Å². The summed E-state index contributed by atoms with van der Waals surface area (Å²) in [7, 11) is 0. The van der Waals surface area contributed by atoms with Crippen molar-refractivity contribution in [3.63, 3.8) is 0 Å². The van der Waals surface area contributed by atoms with E-state index in [1.54, 1.807) is 0 Å². The molecule has 0 aliphatic heterocycles. The Bertz CT molecular complexity index is 2750. The van der Waals surface area contributed by atoms with Crippen LogP contribution in [-0.2, 0) is 0 Å². The highest BCUT2D eigenvalue weighted by atomic mass is 15.1. The summed E-state index contributed by atoms with van der Waals surface area (Å²) in [6.45, 7) is 0. The smallest absolute Gasteiger partial charge is 0.145 e. The normalized spacial score (nSPS) is 12.0. The van der Waals surface area contributed by atoms with Crippen molar-refractivity contribution in [3.05, 3.63) is 158 Å². The number of benzene rings is 6. The second-order valence-corrected chi connectivity index (χ2v) is 11.6. The van der Waals surface area contributed by atoms with Gasteiger partial charge in [-0.05, 0) is 72.8 Å². The number of nitrogens with zero attached hydrogens (tertiary/aromatic N) is 4. The zero-order chi connectivity index (χ0) is 29.5. The topological polar surface area (TPSA) is 27.7 Å². The van der Waals surface area contributed by atoms with E-state index in [9.17, 15) is 0 Å². The van der Waals surface area contributed by atoms with Gasteiger partial charge in [0, 0.05) is 55.6 Å². The predicted molar refractivity (Wildman–Crippen MR) is 187 cm³/mol. The number of pyridine rings is 1. The summed E-state index contributed by atoms with van der Waals surface area (Å²) in [6, 6.07) is 54.5. The molecule has 10 rings (SSSR count). The predicted octanol–water partition coefficient (Wildman–Crippen LogP) is 10.4. The van der Waals surface area contributed by atoms with Crippen LogP contribution in [0.4, 0.5) is 0 Å². The van der Waals surface area contributed by atoms with Gasteiger partial charge in [-0.3, -0.25) is 4.57 Å². The van der Waals surface area contributed by atoms with Crippen molar-refractivity contribution >= 4 is 65.5 Å². The van der Waals surface area contributed by atoms with Gasteiger partial charge in [-0.25, -0.2) is 4.98 Å². The van der Waals surface area contributed by atoms with Crippen LogP contribution in [0, 0.1) is 0 Å². The Morgan fingerprint density at radius 2 is 0.956 bits per heavy atom. The number of hydrogen-bond donors (Lipinski definition) is 0. The lowest BCUT2D eigenvalue weighted by molar-refractivity contribution is 1.13. The standard InChI is InChI=1S/C41H26N4/c1-3-12-27(13-4-1)44-35-19-9-7-16-30(35)31-22-24-38-39(40(31)44)33-17-8-10-20-36(33)43(38)29-21-23-37-34(26-29)32-18-11-25-42-41(32)45(37)28-14-5-2-6-15-28/h1-26H. The van der Waals surface area contributed by atoms with E-state index < -0.39 is 0 Å². The van der Waals surface area contributed by atoms with Gasteiger partial charge in [0.2, 0.25) is 0 Å². The van der Waals surface area contributed by atoms with E-state index in [0.29, 0.717) is 0 Å². The second kappa shape index (κ2) is 9.18. The van der Waals surface area contributed by atoms with E-state index in [2.05, 4.69) is 159 Å². The monoisotopic (exact) mass is 574 g/mol. The fourth-order valence-electron chi connectivity index (χ4n) is 7.44. The van der Waals surface area contributed by atoms with E-state index in [1.165, 1.54) is 49.0 Å². The van der Waals surface area contributed by atoms with Crippen LogP contribution >= 0.6 is 0 Å². The summed E-state index contributed by atoms with van der Waals surface area (Å²) in [5, 5.41) is 7.36. The average Bonchev–Trinajstić information content (AvgIpc) is 3.74. The Kier molecular flexibility index (Phi) is 4.96. The van der Waals surface area contributed by atoms with Crippen LogP contribution in [-0.4, -0.2) is 18.7 Å². The van der Waals surface area contributed by atoms with Gasteiger partial charge in [0.25, 0.3) is 0 Å². The summed E-state index contributed by atoms with van der Waals surface area (Å²) in [4.78, 5) is 4.83. The Hall–Kier alpha value is -6.13. The highest BCUT2D eigenvalue weighted by Gasteiger charge is 2.21. The number of hydrogen-bond acceptors (Lipinski definition) is 1. The highest BCUT2D eigenvalue weighted by Crippen LogP contribution is 2.42. The van der Waals surface area contributed by atoms with Gasteiger partial charge < -0.3 is 9.13 Å². The molecule has 4 aromatic heterocycles. The van der Waals surface area contributed by atoms with Crippen LogP contribution in [0.15, 0.2) is 158 Å². The summed E-state index contributed by atoms with van der Waals surface area (Å²) < 4.78 is 7.13.